The van der Waals surface area contributed by atoms with Gasteiger partial charge in [-0.05, 0) is 31.5 Å². The lowest BCUT2D eigenvalue weighted by Gasteiger charge is -2.25. The molecule has 0 bridgehead atoms. The summed E-state index contributed by atoms with van der Waals surface area (Å²) < 4.78 is 5.44. The Hall–Kier alpha value is -1.87. The summed E-state index contributed by atoms with van der Waals surface area (Å²) in [6.45, 7) is 5.90. The molecule has 0 amide bonds. The van der Waals surface area contributed by atoms with E-state index in [1.54, 1.807) is 6.07 Å². The number of carbonyl (C=O) groups excluding carboxylic acids is 1. The first-order chi connectivity index (χ1) is 9.19. The topological polar surface area (TPSA) is 33.5 Å². The minimum Gasteiger partial charge on any atom is -0.457 e. The molecule has 0 radical (unpaired) electrons. The maximum absolute atomic E-state index is 10.6. The van der Waals surface area contributed by atoms with Crippen molar-refractivity contribution >= 4 is 6.29 Å². The standard InChI is InChI=1S/C16H19NO2/c1-13(2)17(10-14-6-4-3-5-7-14)11-15-8-9-16(12-18)19-15/h3-9,12-13H,10-11H2,1-2H3. The maximum Gasteiger partial charge on any atom is 0.185 e. The summed E-state index contributed by atoms with van der Waals surface area (Å²) in [6.07, 6.45) is 0.737. The molecule has 1 aromatic carbocycles. The molecule has 19 heavy (non-hydrogen) atoms. The van der Waals surface area contributed by atoms with Crippen molar-refractivity contribution in [3.63, 3.8) is 0 Å². The Morgan fingerprint density at radius 1 is 1.11 bits per heavy atom. The third kappa shape index (κ3) is 3.80. The number of carbonyl (C=O) groups is 1. The van der Waals surface area contributed by atoms with Crippen LogP contribution in [0.15, 0.2) is 46.9 Å². The van der Waals surface area contributed by atoms with Crippen molar-refractivity contribution in [2.24, 2.45) is 0 Å². The highest BCUT2D eigenvalue weighted by Gasteiger charge is 2.13. The summed E-state index contributed by atoms with van der Waals surface area (Å²) in [6, 6.07) is 14.3. The maximum atomic E-state index is 10.6. The molecule has 1 aromatic heterocycles. The van der Waals surface area contributed by atoms with Crippen LogP contribution in [0.2, 0.25) is 0 Å². The molecule has 0 aliphatic heterocycles. The van der Waals surface area contributed by atoms with Crippen LogP contribution in [0.4, 0.5) is 0 Å². The van der Waals surface area contributed by atoms with Gasteiger partial charge in [-0.25, -0.2) is 0 Å². The quantitative estimate of drug-likeness (QED) is 0.743. The Balaban J connectivity index is 2.06. The lowest BCUT2D eigenvalue weighted by atomic mass is 10.2. The Bertz CT molecular complexity index is 517. The van der Waals surface area contributed by atoms with Crippen molar-refractivity contribution in [2.75, 3.05) is 0 Å². The van der Waals surface area contributed by atoms with E-state index in [1.807, 2.05) is 24.3 Å². The van der Waals surface area contributed by atoms with E-state index >= 15 is 0 Å². The predicted octanol–water partition coefficient (Wildman–Crippen LogP) is 3.50. The molecule has 0 unspecified atom stereocenters. The lowest BCUT2D eigenvalue weighted by Crippen LogP contribution is -2.29. The van der Waals surface area contributed by atoms with E-state index in [1.165, 1.54) is 5.56 Å². The van der Waals surface area contributed by atoms with E-state index < -0.39 is 0 Å². The van der Waals surface area contributed by atoms with Crippen LogP contribution in [0, 0.1) is 0 Å². The number of aldehydes is 1. The molecule has 0 N–H and O–H groups in total. The van der Waals surface area contributed by atoms with Gasteiger partial charge in [-0.1, -0.05) is 30.3 Å². The van der Waals surface area contributed by atoms with E-state index in [-0.39, 0.29) is 0 Å². The molecule has 2 aromatic rings. The van der Waals surface area contributed by atoms with Crippen molar-refractivity contribution in [1.82, 2.24) is 4.90 Å². The van der Waals surface area contributed by atoms with Crippen LogP contribution in [-0.4, -0.2) is 17.2 Å². The molecule has 0 saturated carbocycles. The SMILES string of the molecule is CC(C)N(Cc1ccccc1)Cc1ccc(C=O)o1. The average Bonchev–Trinajstić information content (AvgIpc) is 2.87. The number of furan rings is 1. The first kappa shape index (κ1) is 13.6. The Kier molecular flexibility index (Phi) is 4.53. The van der Waals surface area contributed by atoms with Crippen molar-refractivity contribution in [3.8, 4) is 0 Å². The molecule has 0 aliphatic rings. The zero-order chi connectivity index (χ0) is 13.7. The van der Waals surface area contributed by atoms with Crippen LogP contribution in [0.5, 0.6) is 0 Å². The zero-order valence-corrected chi connectivity index (χ0v) is 11.4. The van der Waals surface area contributed by atoms with Crippen molar-refractivity contribution < 1.29 is 9.21 Å². The summed E-state index contributed by atoms with van der Waals surface area (Å²) in [5.41, 5.74) is 1.28. The fraction of sp³-hybridized carbons (Fsp3) is 0.312. The third-order valence-corrected chi connectivity index (χ3v) is 3.12. The molecule has 0 atom stereocenters. The second kappa shape index (κ2) is 6.34. The molecule has 0 spiro atoms. The van der Waals surface area contributed by atoms with Gasteiger partial charge >= 0.3 is 0 Å². The third-order valence-electron chi connectivity index (χ3n) is 3.12. The van der Waals surface area contributed by atoms with Crippen molar-refractivity contribution in [2.45, 2.75) is 33.0 Å². The predicted molar refractivity (Wildman–Crippen MR) is 74.9 cm³/mol. The van der Waals surface area contributed by atoms with Crippen LogP contribution in [0.3, 0.4) is 0 Å². The minimum absolute atomic E-state index is 0.387. The first-order valence-electron chi connectivity index (χ1n) is 6.51. The highest BCUT2D eigenvalue weighted by molar-refractivity contribution is 5.70. The van der Waals surface area contributed by atoms with Crippen LogP contribution in [0.1, 0.15) is 35.7 Å². The molecule has 1 heterocycles. The van der Waals surface area contributed by atoms with Crippen LogP contribution in [0.25, 0.3) is 0 Å². The van der Waals surface area contributed by atoms with Gasteiger partial charge < -0.3 is 4.42 Å². The minimum atomic E-state index is 0.387. The molecule has 2 rings (SSSR count). The summed E-state index contributed by atoms with van der Waals surface area (Å²) in [5, 5.41) is 0. The highest BCUT2D eigenvalue weighted by Crippen LogP contribution is 2.14. The first-order valence-corrected chi connectivity index (χ1v) is 6.51. The fourth-order valence-corrected chi connectivity index (χ4v) is 1.98. The van der Waals surface area contributed by atoms with Crippen LogP contribution >= 0.6 is 0 Å². The summed E-state index contributed by atoms with van der Waals surface area (Å²) in [4.78, 5) is 12.9. The number of hydrogen-bond acceptors (Lipinski definition) is 3. The summed E-state index contributed by atoms with van der Waals surface area (Å²) in [7, 11) is 0. The smallest absolute Gasteiger partial charge is 0.185 e. The van der Waals surface area contributed by atoms with Gasteiger partial charge in [-0.2, -0.15) is 0 Å². The van der Waals surface area contributed by atoms with Gasteiger partial charge in [0.2, 0.25) is 0 Å². The van der Waals surface area contributed by atoms with Gasteiger partial charge in [0.25, 0.3) is 0 Å². The molecule has 3 heteroatoms. The molecular weight excluding hydrogens is 238 g/mol. The second-order valence-electron chi connectivity index (χ2n) is 4.91. The number of benzene rings is 1. The van der Waals surface area contributed by atoms with Crippen molar-refractivity contribution in [3.05, 3.63) is 59.5 Å². The van der Waals surface area contributed by atoms with Crippen LogP contribution in [-0.2, 0) is 13.1 Å². The van der Waals surface area contributed by atoms with Gasteiger partial charge in [0.15, 0.2) is 12.0 Å². The fourth-order valence-electron chi connectivity index (χ4n) is 1.98. The summed E-state index contributed by atoms with van der Waals surface area (Å²) >= 11 is 0. The number of rotatable bonds is 6. The zero-order valence-electron chi connectivity index (χ0n) is 11.4. The normalized spacial score (nSPS) is 11.2. The van der Waals surface area contributed by atoms with E-state index in [2.05, 4.69) is 30.9 Å². The van der Waals surface area contributed by atoms with Gasteiger partial charge in [-0.15, -0.1) is 0 Å². The van der Waals surface area contributed by atoms with Crippen molar-refractivity contribution in [1.29, 1.82) is 0 Å². The number of nitrogens with zero attached hydrogens (tertiary/aromatic N) is 1. The highest BCUT2D eigenvalue weighted by atomic mass is 16.3. The van der Waals surface area contributed by atoms with Crippen LogP contribution < -0.4 is 0 Å². The van der Waals surface area contributed by atoms with Gasteiger partial charge in [0.1, 0.15) is 5.76 Å². The molecule has 0 fully saturated rings. The molecule has 0 aliphatic carbocycles. The monoisotopic (exact) mass is 257 g/mol. The van der Waals surface area contributed by atoms with Gasteiger partial charge in [0, 0.05) is 12.6 Å². The molecular formula is C16H19NO2. The average molecular weight is 257 g/mol. The lowest BCUT2D eigenvalue weighted by molar-refractivity contribution is 0.109. The molecule has 100 valence electrons. The van der Waals surface area contributed by atoms with Gasteiger partial charge in [0.05, 0.1) is 6.54 Å². The summed E-state index contributed by atoms with van der Waals surface area (Å²) in [5.74, 6) is 1.21. The Labute approximate surface area is 113 Å². The Morgan fingerprint density at radius 2 is 1.84 bits per heavy atom. The second-order valence-corrected chi connectivity index (χ2v) is 4.91. The Morgan fingerprint density at radius 3 is 2.42 bits per heavy atom. The van der Waals surface area contributed by atoms with E-state index in [0.29, 0.717) is 18.3 Å². The largest absolute Gasteiger partial charge is 0.457 e. The number of hydrogen-bond donors (Lipinski definition) is 0. The molecule has 3 nitrogen and oxygen atoms in total. The van der Waals surface area contributed by atoms with E-state index in [0.717, 1.165) is 18.6 Å². The molecule has 0 saturated heterocycles. The van der Waals surface area contributed by atoms with E-state index in [4.69, 9.17) is 4.42 Å². The van der Waals surface area contributed by atoms with Gasteiger partial charge in [-0.3, -0.25) is 9.69 Å². The van der Waals surface area contributed by atoms with E-state index in [9.17, 15) is 4.79 Å².